The van der Waals surface area contributed by atoms with Crippen molar-refractivity contribution in [1.29, 1.82) is 0 Å². The minimum Gasteiger partial charge on any atom is -0.462 e. The standard InChI is InChI=1S/C14H30N.K/c1-14(2)12-10-8-6-5-7-9-11-13-15(3)4;/h14H,3,5-13H2,1-2,4H3;/q-1;+1. The van der Waals surface area contributed by atoms with Crippen molar-refractivity contribution in [3.05, 3.63) is 7.05 Å². The van der Waals surface area contributed by atoms with E-state index in [1.165, 1.54) is 51.4 Å². The van der Waals surface area contributed by atoms with Crippen LogP contribution in [0.3, 0.4) is 0 Å². The average molecular weight is 251 g/mol. The van der Waals surface area contributed by atoms with Crippen molar-refractivity contribution < 1.29 is 51.4 Å². The van der Waals surface area contributed by atoms with Gasteiger partial charge in [0.05, 0.1) is 0 Å². The van der Waals surface area contributed by atoms with Gasteiger partial charge in [0.25, 0.3) is 0 Å². The second-order valence-corrected chi connectivity index (χ2v) is 5.24. The van der Waals surface area contributed by atoms with Crippen LogP contribution in [0.2, 0.25) is 0 Å². The number of rotatable bonds is 10. The predicted octanol–water partition coefficient (Wildman–Crippen LogP) is 1.49. The molecule has 2 heteroatoms. The molecule has 0 heterocycles. The van der Waals surface area contributed by atoms with Crippen LogP contribution in [0.25, 0.3) is 0 Å². The third-order valence-corrected chi connectivity index (χ3v) is 2.82. The Morgan fingerprint density at radius 1 is 0.875 bits per heavy atom. The van der Waals surface area contributed by atoms with Crippen molar-refractivity contribution in [1.82, 2.24) is 4.90 Å². The van der Waals surface area contributed by atoms with Crippen molar-refractivity contribution in [2.75, 3.05) is 13.6 Å². The molecule has 0 fully saturated rings. The fourth-order valence-corrected chi connectivity index (χ4v) is 1.82. The number of hydrogen-bond donors (Lipinski definition) is 0. The summed E-state index contributed by atoms with van der Waals surface area (Å²) in [4.78, 5) is 2.03. The van der Waals surface area contributed by atoms with Gasteiger partial charge in [-0.2, -0.15) is 0 Å². The van der Waals surface area contributed by atoms with E-state index in [0.717, 1.165) is 12.5 Å². The maximum Gasteiger partial charge on any atom is 1.00 e. The Labute approximate surface area is 146 Å². The Hall–Kier alpha value is 1.60. The third-order valence-electron chi connectivity index (χ3n) is 2.82. The van der Waals surface area contributed by atoms with Gasteiger partial charge in [-0.25, -0.2) is 0 Å². The molecule has 0 saturated heterocycles. The minimum absolute atomic E-state index is 0. The first-order chi connectivity index (χ1) is 7.13. The summed E-state index contributed by atoms with van der Waals surface area (Å²) in [5.74, 6) is 0.887. The second kappa shape index (κ2) is 14.7. The van der Waals surface area contributed by atoms with Crippen molar-refractivity contribution in [2.45, 2.75) is 65.2 Å². The van der Waals surface area contributed by atoms with Crippen molar-refractivity contribution in [3.8, 4) is 0 Å². The SMILES string of the molecule is [CH2-]N(C)CCCCCCCCCC(C)C.[K+]. The summed E-state index contributed by atoms with van der Waals surface area (Å²) in [6.45, 7) is 5.78. The van der Waals surface area contributed by atoms with Crippen LogP contribution >= 0.6 is 0 Å². The van der Waals surface area contributed by atoms with Crippen LogP contribution in [0.1, 0.15) is 65.2 Å². The summed E-state index contributed by atoms with van der Waals surface area (Å²) in [5, 5.41) is 0. The first-order valence-corrected chi connectivity index (χ1v) is 6.64. The van der Waals surface area contributed by atoms with E-state index in [1.54, 1.807) is 0 Å². The first-order valence-electron chi connectivity index (χ1n) is 6.64. The van der Waals surface area contributed by atoms with Gasteiger partial charge in [-0.05, 0) is 25.9 Å². The number of hydrogen-bond acceptors (Lipinski definition) is 1. The first kappa shape index (κ1) is 19.9. The van der Waals surface area contributed by atoms with Gasteiger partial charge in [-0.1, -0.05) is 58.8 Å². The second-order valence-electron chi connectivity index (χ2n) is 5.24. The summed E-state index contributed by atoms with van der Waals surface area (Å²) < 4.78 is 0. The largest absolute Gasteiger partial charge is 1.00 e. The van der Waals surface area contributed by atoms with E-state index in [2.05, 4.69) is 20.9 Å². The summed E-state index contributed by atoms with van der Waals surface area (Å²) in [6.07, 6.45) is 11.2. The van der Waals surface area contributed by atoms with Crippen molar-refractivity contribution >= 4 is 0 Å². The molecule has 0 saturated carbocycles. The molecule has 0 N–H and O–H groups in total. The number of unbranched alkanes of at least 4 members (excludes halogenated alkanes) is 6. The van der Waals surface area contributed by atoms with Gasteiger partial charge < -0.3 is 4.90 Å². The summed E-state index contributed by atoms with van der Waals surface area (Å²) >= 11 is 0. The normalized spacial score (nSPS) is 10.9. The third kappa shape index (κ3) is 18.0. The molecule has 0 amide bonds. The number of nitrogens with zero attached hydrogens (tertiary/aromatic N) is 1. The maximum absolute atomic E-state index is 3.85. The van der Waals surface area contributed by atoms with E-state index in [0.29, 0.717) is 0 Å². The Morgan fingerprint density at radius 2 is 1.31 bits per heavy atom. The van der Waals surface area contributed by atoms with Gasteiger partial charge in [-0.15, -0.1) is 0 Å². The Balaban J connectivity index is 0. The van der Waals surface area contributed by atoms with Crippen LogP contribution in [-0.2, 0) is 0 Å². The zero-order chi connectivity index (χ0) is 11.5. The maximum atomic E-state index is 3.85. The van der Waals surface area contributed by atoms with Crippen LogP contribution in [0.15, 0.2) is 0 Å². The average Bonchev–Trinajstić information content (AvgIpc) is 2.14. The van der Waals surface area contributed by atoms with Crippen LogP contribution < -0.4 is 51.4 Å². The monoisotopic (exact) mass is 251 g/mol. The summed E-state index contributed by atoms with van der Waals surface area (Å²) in [5.41, 5.74) is 0. The summed E-state index contributed by atoms with van der Waals surface area (Å²) in [6, 6.07) is 0. The molecule has 0 rings (SSSR count). The van der Waals surface area contributed by atoms with Gasteiger partial charge in [0.2, 0.25) is 0 Å². The molecule has 0 atom stereocenters. The van der Waals surface area contributed by atoms with E-state index in [9.17, 15) is 0 Å². The fourth-order valence-electron chi connectivity index (χ4n) is 1.82. The molecule has 0 radical (unpaired) electrons. The minimum atomic E-state index is 0. The Morgan fingerprint density at radius 3 is 1.75 bits per heavy atom. The molecular formula is C14H30KN. The Bertz CT molecular complexity index is 110. The molecular weight excluding hydrogens is 221 g/mol. The van der Waals surface area contributed by atoms with Crippen molar-refractivity contribution in [2.24, 2.45) is 5.92 Å². The zero-order valence-electron chi connectivity index (χ0n) is 12.1. The van der Waals surface area contributed by atoms with E-state index in [4.69, 9.17) is 0 Å². The molecule has 0 aromatic rings. The molecule has 0 aliphatic heterocycles. The van der Waals surface area contributed by atoms with Gasteiger partial charge in [0.15, 0.2) is 0 Å². The van der Waals surface area contributed by atoms with Crippen LogP contribution in [0, 0.1) is 13.0 Å². The van der Waals surface area contributed by atoms with E-state index >= 15 is 0 Å². The molecule has 16 heavy (non-hydrogen) atoms. The quantitative estimate of drug-likeness (QED) is 0.323. The zero-order valence-corrected chi connectivity index (χ0v) is 15.2. The van der Waals surface area contributed by atoms with Crippen LogP contribution in [0.4, 0.5) is 0 Å². The molecule has 1 nitrogen and oxygen atoms in total. The summed E-state index contributed by atoms with van der Waals surface area (Å²) in [7, 11) is 5.89. The topological polar surface area (TPSA) is 3.24 Å². The van der Waals surface area contributed by atoms with Crippen LogP contribution in [0.5, 0.6) is 0 Å². The van der Waals surface area contributed by atoms with E-state index in [-0.39, 0.29) is 51.4 Å². The molecule has 0 aliphatic carbocycles. The van der Waals surface area contributed by atoms with E-state index in [1.807, 2.05) is 11.9 Å². The van der Waals surface area contributed by atoms with Crippen LogP contribution in [-0.4, -0.2) is 18.5 Å². The fraction of sp³-hybridized carbons (Fsp3) is 0.929. The van der Waals surface area contributed by atoms with E-state index < -0.39 is 0 Å². The molecule has 0 aliphatic rings. The Kier molecular flexibility index (Phi) is 18.3. The van der Waals surface area contributed by atoms with Gasteiger partial charge in [0.1, 0.15) is 0 Å². The molecule has 0 aromatic carbocycles. The van der Waals surface area contributed by atoms with Gasteiger partial charge in [-0.3, -0.25) is 7.05 Å². The predicted molar refractivity (Wildman–Crippen MR) is 69.8 cm³/mol. The van der Waals surface area contributed by atoms with Gasteiger partial charge >= 0.3 is 51.4 Å². The molecule has 0 bridgehead atoms. The molecule has 0 unspecified atom stereocenters. The molecule has 92 valence electrons. The molecule has 0 spiro atoms. The van der Waals surface area contributed by atoms with Gasteiger partial charge in [0, 0.05) is 0 Å². The molecule has 0 aromatic heterocycles. The smallest absolute Gasteiger partial charge is 0.462 e. The van der Waals surface area contributed by atoms with Crippen molar-refractivity contribution in [3.63, 3.8) is 0 Å².